The van der Waals surface area contributed by atoms with Crippen LogP contribution in [0.5, 0.6) is 0 Å². The van der Waals surface area contributed by atoms with Crippen molar-refractivity contribution in [1.82, 2.24) is 4.57 Å². The molecule has 6 heteroatoms. The van der Waals surface area contributed by atoms with E-state index in [9.17, 15) is 13.2 Å². The van der Waals surface area contributed by atoms with Crippen molar-refractivity contribution >= 4 is 11.0 Å². The predicted octanol–water partition coefficient (Wildman–Crippen LogP) is -0.358. The first-order chi connectivity index (χ1) is 7.73. The maximum Gasteiger partial charge on any atom is 0.495 e. The van der Waals surface area contributed by atoms with Crippen molar-refractivity contribution in [1.29, 1.82) is 0 Å². The highest BCUT2D eigenvalue weighted by atomic mass is 19.4. The standard InChI is InChI=1S/C12H14F3N2.FH/c1-7-5-9-10(6-8(7)2)17(4)11(16(9)3)12(13,14)15;/h5-6H,1-4H3;1H/q+1;/p-1. The summed E-state index contributed by atoms with van der Waals surface area (Å²) in [6.07, 6.45) is -4.34. The molecule has 0 saturated heterocycles. The summed E-state index contributed by atoms with van der Waals surface area (Å²) < 4.78 is 41.1. The molecule has 0 N–H and O–H groups in total. The monoisotopic (exact) mass is 262 g/mol. The Kier molecular flexibility index (Phi) is 3.42. The zero-order valence-electron chi connectivity index (χ0n) is 10.6. The summed E-state index contributed by atoms with van der Waals surface area (Å²) in [5.74, 6) is -0.641. The lowest BCUT2D eigenvalue weighted by molar-refractivity contribution is -0.667. The third kappa shape index (κ3) is 1.95. The average molecular weight is 262 g/mol. The van der Waals surface area contributed by atoms with Crippen LogP contribution in [0.1, 0.15) is 17.0 Å². The molecule has 2 aromatic rings. The summed E-state index contributed by atoms with van der Waals surface area (Å²) in [5.41, 5.74) is 3.19. The van der Waals surface area contributed by atoms with Gasteiger partial charge in [0, 0.05) is 0 Å². The number of fused-ring (bicyclic) bond motifs is 1. The van der Waals surface area contributed by atoms with Gasteiger partial charge in [0.15, 0.2) is 11.0 Å². The molecule has 0 atom stereocenters. The fourth-order valence-electron chi connectivity index (χ4n) is 2.16. The number of hydrogen-bond acceptors (Lipinski definition) is 0. The number of nitrogens with zero attached hydrogens (tertiary/aromatic N) is 2. The molecule has 0 aliphatic rings. The van der Waals surface area contributed by atoms with Crippen LogP contribution < -0.4 is 9.27 Å². The normalized spacial score (nSPS) is 11.7. The topological polar surface area (TPSA) is 8.81 Å². The Labute approximate surface area is 102 Å². The molecule has 2 nitrogen and oxygen atoms in total. The minimum atomic E-state index is -4.34. The Morgan fingerprint density at radius 3 is 2.11 bits per heavy atom. The van der Waals surface area contributed by atoms with Crippen LogP contribution in [0.25, 0.3) is 11.0 Å². The van der Waals surface area contributed by atoms with Gasteiger partial charge >= 0.3 is 12.0 Å². The Morgan fingerprint density at radius 2 is 1.61 bits per heavy atom. The molecule has 0 fully saturated rings. The molecule has 0 aliphatic carbocycles. The molecule has 0 unspecified atom stereocenters. The number of aryl methyl sites for hydroxylation is 4. The zero-order chi connectivity index (χ0) is 13.0. The minimum Gasteiger partial charge on any atom is -1.00 e. The van der Waals surface area contributed by atoms with E-state index in [1.165, 1.54) is 23.2 Å². The highest BCUT2D eigenvalue weighted by Gasteiger charge is 2.45. The van der Waals surface area contributed by atoms with Gasteiger partial charge in [-0.2, -0.15) is 13.2 Å². The van der Waals surface area contributed by atoms with Gasteiger partial charge in [-0.05, 0) is 37.1 Å². The van der Waals surface area contributed by atoms with Gasteiger partial charge in [-0.1, -0.05) is 0 Å². The maximum atomic E-state index is 12.9. The van der Waals surface area contributed by atoms with Gasteiger partial charge in [0.1, 0.15) is 0 Å². The van der Waals surface area contributed by atoms with Crippen LogP contribution >= 0.6 is 0 Å². The molecule has 2 rings (SSSR count). The molecular formula is C12H14F4N2. The molecule has 0 amide bonds. The number of hydrogen-bond donors (Lipinski definition) is 0. The number of halogens is 4. The molecule has 1 aromatic carbocycles. The van der Waals surface area contributed by atoms with E-state index in [4.69, 9.17) is 0 Å². The highest BCUT2D eigenvalue weighted by Crippen LogP contribution is 2.29. The van der Waals surface area contributed by atoms with Crippen LogP contribution in [0.4, 0.5) is 13.2 Å². The number of aromatic nitrogens is 2. The van der Waals surface area contributed by atoms with Gasteiger partial charge in [0.05, 0.1) is 14.1 Å². The lowest BCUT2D eigenvalue weighted by atomic mass is 10.1. The second kappa shape index (κ2) is 4.26. The fourth-order valence-corrected chi connectivity index (χ4v) is 2.16. The van der Waals surface area contributed by atoms with E-state index < -0.39 is 12.0 Å². The first-order valence-electron chi connectivity index (χ1n) is 5.26. The summed E-state index contributed by atoms with van der Waals surface area (Å²) in [4.78, 5) is 0. The van der Waals surface area contributed by atoms with Crippen molar-refractivity contribution in [2.45, 2.75) is 20.0 Å². The first kappa shape index (κ1) is 14.5. The summed E-state index contributed by atoms with van der Waals surface area (Å²) in [6, 6.07) is 3.58. The van der Waals surface area contributed by atoms with Crippen molar-refractivity contribution in [2.75, 3.05) is 0 Å². The van der Waals surface area contributed by atoms with Crippen LogP contribution in [0, 0.1) is 13.8 Å². The second-order valence-corrected chi connectivity index (χ2v) is 4.36. The molecule has 0 saturated carbocycles. The van der Waals surface area contributed by atoms with Gasteiger partial charge < -0.3 is 4.70 Å². The Bertz CT molecular complexity index is 551. The van der Waals surface area contributed by atoms with Crippen molar-refractivity contribution in [3.63, 3.8) is 0 Å². The van der Waals surface area contributed by atoms with Crippen LogP contribution in [-0.2, 0) is 20.3 Å². The minimum absolute atomic E-state index is 0. The van der Waals surface area contributed by atoms with Gasteiger partial charge in [0.2, 0.25) is 0 Å². The van der Waals surface area contributed by atoms with E-state index in [-0.39, 0.29) is 4.70 Å². The molecule has 0 spiro atoms. The highest BCUT2D eigenvalue weighted by molar-refractivity contribution is 5.74. The van der Waals surface area contributed by atoms with Gasteiger partial charge in [-0.25, -0.2) is 9.13 Å². The van der Waals surface area contributed by atoms with Crippen LogP contribution in [-0.4, -0.2) is 4.57 Å². The fraction of sp³-hybridized carbons (Fsp3) is 0.417. The smallest absolute Gasteiger partial charge is 0.495 e. The summed E-state index contributed by atoms with van der Waals surface area (Å²) >= 11 is 0. The summed E-state index contributed by atoms with van der Waals surface area (Å²) in [7, 11) is 2.89. The van der Waals surface area contributed by atoms with Crippen molar-refractivity contribution in [2.24, 2.45) is 14.1 Å². The van der Waals surface area contributed by atoms with E-state index in [2.05, 4.69) is 0 Å². The number of alkyl halides is 3. The van der Waals surface area contributed by atoms with Crippen LogP contribution in [0.2, 0.25) is 0 Å². The predicted molar refractivity (Wildman–Crippen MR) is 58.6 cm³/mol. The molecule has 0 aliphatic heterocycles. The summed E-state index contributed by atoms with van der Waals surface area (Å²) in [6.45, 7) is 3.80. The number of benzene rings is 1. The van der Waals surface area contributed by atoms with Gasteiger partial charge in [-0.3, -0.25) is 0 Å². The maximum absolute atomic E-state index is 12.9. The van der Waals surface area contributed by atoms with Gasteiger partial charge in [0.25, 0.3) is 0 Å². The van der Waals surface area contributed by atoms with Crippen LogP contribution in [0.3, 0.4) is 0 Å². The summed E-state index contributed by atoms with van der Waals surface area (Å²) in [5, 5.41) is 0. The lowest BCUT2D eigenvalue weighted by Gasteiger charge is -2.01. The average Bonchev–Trinajstić information content (AvgIpc) is 2.40. The SMILES string of the molecule is Cc1cc2c(cc1C)[n+](C)c(C(F)(F)F)n2C.[F-]. The molecule has 0 radical (unpaired) electrons. The Morgan fingerprint density at radius 1 is 1.11 bits per heavy atom. The van der Waals surface area contributed by atoms with Crippen molar-refractivity contribution in [3.8, 4) is 0 Å². The quantitative estimate of drug-likeness (QED) is 0.453. The third-order valence-corrected chi connectivity index (χ3v) is 3.20. The molecular weight excluding hydrogens is 248 g/mol. The zero-order valence-corrected chi connectivity index (χ0v) is 10.6. The lowest BCUT2D eigenvalue weighted by Crippen LogP contribution is -3.00. The van der Waals surface area contributed by atoms with E-state index in [1.807, 2.05) is 13.8 Å². The van der Waals surface area contributed by atoms with E-state index in [1.54, 1.807) is 12.1 Å². The third-order valence-electron chi connectivity index (χ3n) is 3.20. The van der Waals surface area contributed by atoms with Crippen LogP contribution in [0.15, 0.2) is 12.1 Å². The molecule has 100 valence electrons. The molecule has 1 heterocycles. The second-order valence-electron chi connectivity index (χ2n) is 4.36. The molecule has 1 aromatic heterocycles. The Balaban J connectivity index is 0.00000162. The molecule has 18 heavy (non-hydrogen) atoms. The Hall–Kier alpha value is -1.59. The number of imidazole rings is 1. The molecule has 0 bridgehead atoms. The van der Waals surface area contributed by atoms with Gasteiger partial charge in [-0.15, -0.1) is 0 Å². The van der Waals surface area contributed by atoms with Crippen molar-refractivity contribution < 1.29 is 22.4 Å². The van der Waals surface area contributed by atoms with E-state index in [0.717, 1.165) is 11.1 Å². The van der Waals surface area contributed by atoms with E-state index >= 15 is 0 Å². The largest absolute Gasteiger partial charge is 1.00 e. The van der Waals surface area contributed by atoms with Crippen molar-refractivity contribution in [3.05, 3.63) is 29.1 Å². The number of rotatable bonds is 0. The van der Waals surface area contributed by atoms with E-state index in [0.29, 0.717) is 11.0 Å². The first-order valence-corrected chi connectivity index (χ1v) is 5.26.